The topological polar surface area (TPSA) is 38.0 Å². The maximum atomic E-state index is 5.84. The molecule has 2 aliphatic carbocycles. The summed E-state index contributed by atoms with van der Waals surface area (Å²) in [5.41, 5.74) is 7.84. The van der Waals surface area contributed by atoms with E-state index in [1.165, 1.54) is 25.7 Å². The molecule has 2 nitrogen and oxygen atoms in total. The number of thiocarbonyl (C=S) groups is 1. The van der Waals surface area contributed by atoms with Crippen LogP contribution in [0.2, 0.25) is 0 Å². The van der Waals surface area contributed by atoms with Crippen LogP contribution in [-0.2, 0) is 0 Å². The van der Waals surface area contributed by atoms with Crippen molar-refractivity contribution in [2.75, 3.05) is 5.32 Å². The Hall–Kier alpha value is -0.610. The van der Waals surface area contributed by atoms with Gasteiger partial charge >= 0.3 is 0 Å². The van der Waals surface area contributed by atoms with Gasteiger partial charge in [0.15, 0.2) is 0 Å². The average Bonchev–Trinajstić information content (AvgIpc) is 3.03. The third-order valence-electron chi connectivity index (χ3n) is 5.07. The average molecular weight is 353 g/mol. The molecule has 1 aromatic carbocycles. The molecule has 0 amide bonds. The van der Waals surface area contributed by atoms with Crippen molar-refractivity contribution in [3.05, 3.63) is 28.2 Å². The summed E-state index contributed by atoms with van der Waals surface area (Å²) in [6.45, 7) is 2.30. The summed E-state index contributed by atoms with van der Waals surface area (Å²) in [6, 6.07) is 6.59. The fourth-order valence-corrected chi connectivity index (χ4v) is 4.63. The molecule has 2 fully saturated rings. The zero-order valence-electron chi connectivity index (χ0n) is 11.7. The van der Waals surface area contributed by atoms with Crippen LogP contribution >= 0.6 is 28.1 Å². The van der Waals surface area contributed by atoms with Gasteiger partial charge in [-0.05, 0) is 62.1 Å². The van der Waals surface area contributed by atoms with Gasteiger partial charge in [0.2, 0.25) is 0 Å². The molecule has 0 saturated heterocycles. The van der Waals surface area contributed by atoms with Crippen LogP contribution in [0.5, 0.6) is 0 Å². The Bertz CT molecular complexity index is 531. The summed E-state index contributed by atoms with van der Waals surface area (Å²) in [5.74, 6) is 2.71. The SMILES string of the molecule is CC(Nc1ccc(Br)cc1C(N)=S)C1CC2CCC1C2. The second-order valence-electron chi connectivity index (χ2n) is 6.33. The van der Waals surface area contributed by atoms with E-state index in [0.717, 1.165) is 33.5 Å². The largest absolute Gasteiger partial charge is 0.389 e. The fraction of sp³-hybridized carbons (Fsp3) is 0.562. The lowest BCUT2D eigenvalue weighted by atomic mass is 9.84. The lowest BCUT2D eigenvalue weighted by molar-refractivity contribution is 0.304. The Morgan fingerprint density at radius 3 is 2.80 bits per heavy atom. The predicted molar refractivity (Wildman–Crippen MR) is 92.1 cm³/mol. The summed E-state index contributed by atoms with van der Waals surface area (Å²) >= 11 is 8.65. The van der Waals surface area contributed by atoms with Gasteiger partial charge in [0.05, 0.1) is 0 Å². The van der Waals surface area contributed by atoms with E-state index < -0.39 is 0 Å². The number of anilines is 1. The highest BCUT2D eigenvalue weighted by atomic mass is 79.9. The molecule has 0 aliphatic heterocycles. The number of hydrogen-bond acceptors (Lipinski definition) is 2. The molecule has 1 aromatic rings. The molecule has 2 bridgehead atoms. The van der Waals surface area contributed by atoms with Crippen molar-refractivity contribution in [1.82, 2.24) is 0 Å². The zero-order chi connectivity index (χ0) is 14.3. The van der Waals surface area contributed by atoms with Gasteiger partial charge in [0.1, 0.15) is 4.99 Å². The molecule has 4 unspecified atom stereocenters. The van der Waals surface area contributed by atoms with Crippen LogP contribution < -0.4 is 11.1 Å². The van der Waals surface area contributed by atoms with Crippen LogP contribution in [0.4, 0.5) is 5.69 Å². The monoisotopic (exact) mass is 352 g/mol. The van der Waals surface area contributed by atoms with E-state index in [-0.39, 0.29) is 0 Å². The molecule has 3 N–H and O–H groups in total. The van der Waals surface area contributed by atoms with Gasteiger partial charge < -0.3 is 11.1 Å². The van der Waals surface area contributed by atoms with Gasteiger partial charge in [-0.3, -0.25) is 0 Å². The number of hydrogen-bond donors (Lipinski definition) is 2. The molecule has 20 heavy (non-hydrogen) atoms. The van der Waals surface area contributed by atoms with Crippen molar-refractivity contribution in [2.45, 2.75) is 38.6 Å². The van der Waals surface area contributed by atoms with Crippen molar-refractivity contribution in [3.8, 4) is 0 Å². The molecule has 4 atom stereocenters. The quantitative estimate of drug-likeness (QED) is 0.792. The molecule has 108 valence electrons. The first kappa shape index (κ1) is 14.3. The molecule has 3 rings (SSSR count). The van der Waals surface area contributed by atoms with Crippen molar-refractivity contribution in [3.63, 3.8) is 0 Å². The van der Waals surface area contributed by atoms with Gasteiger partial charge in [-0.1, -0.05) is 34.6 Å². The maximum Gasteiger partial charge on any atom is 0.106 e. The van der Waals surface area contributed by atoms with Crippen LogP contribution in [0, 0.1) is 17.8 Å². The first-order valence-electron chi connectivity index (χ1n) is 7.40. The van der Waals surface area contributed by atoms with Crippen LogP contribution in [0.25, 0.3) is 0 Å². The highest BCUT2D eigenvalue weighted by Crippen LogP contribution is 2.49. The van der Waals surface area contributed by atoms with Crippen molar-refractivity contribution >= 4 is 38.8 Å². The third-order valence-corrected chi connectivity index (χ3v) is 5.78. The van der Waals surface area contributed by atoms with E-state index in [1.807, 2.05) is 12.1 Å². The van der Waals surface area contributed by atoms with E-state index >= 15 is 0 Å². The standard InChI is InChI=1S/C16H21BrN2S/c1-9(13-7-10-2-3-11(13)6-10)19-15-5-4-12(17)8-14(15)16(18)20/h4-5,8-11,13,19H,2-3,6-7H2,1H3,(H2,18,20). The summed E-state index contributed by atoms with van der Waals surface area (Å²) in [6.07, 6.45) is 5.70. The van der Waals surface area contributed by atoms with E-state index in [2.05, 4.69) is 34.2 Å². The molecule has 0 radical (unpaired) electrons. The van der Waals surface area contributed by atoms with Crippen molar-refractivity contribution in [2.24, 2.45) is 23.5 Å². The molecule has 0 spiro atoms. The third kappa shape index (κ3) is 2.73. The summed E-state index contributed by atoms with van der Waals surface area (Å²) in [4.78, 5) is 0.453. The van der Waals surface area contributed by atoms with Crippen LogP contribution in [0.1, 0.15) is 38.2 Å². The lowest BCUT2D eigenvalue weighted by Gasteiger charge is -2.30. The minimum absolute atomic E-state index is 0.453. The zero-order valence-corrected chi connectivity index (χ0v) is 14.1. The van der Waals surface area contributed by atoms with E-state index in [0.29, 0.717) is 11.0 Å². The highest BCUT2D eigenvalue weighted by Gasteiger charge is 2.41. The molecule has 0 aromatic heterocycles. The van der Waals surface area contributed by atoms with Crippen molar-refractivity contribution < 1.29 is 0 Å². The number of halogens is 1. The van der Waals surface area contributed by atoms with Crippen LogP contribution in [-0.4, -0.2) is 11.0 Å². The van der Waals surface area contributed by atoms with Gasteiger partial charge in [-0.2, -0.15) is 0 Å². The van der Waals surface area contributed by atoms with Gasteiger partial charge in [0, 0.05) is 21.8 Å². The molecule has 2 aliphatic rings. The van der Waals surface area contributed by atoms with E-state index in [9.17, 15) is 0 Å². The summed E-state index contributed by atoms with van der Waals surface area (Å²) < 4.78 is 1.01. The fourth-order valence-electron chi connectivity index (χ4n) is 4.10. The summed E-state index contributed by atoms with van der Waals surface area (Å²) in [7, 11) is 0. The number of fused-ring (bicyclic) bond motifs is 2. The highest BCUT2D eigenvalue weighted by molar-refractivity contribution is 9.10. The van der Waals surface area contributed by atoms with Crippen molar-refractivity contribution in [1.29, 1.82) is 0 Å². The number of rotatable bonds is 4. The Morgan fingerprint density at radius 1 is 1.40 bits per heavy atom. The Balaban J connectivity index is 1.76. The predicted octanol–water partition coefficient (Wildman–Crippen LogP) is 4.32. The molecule has 2 saturated carbocycles. The first-order chi connectivity index (χ1) is 9.54. The second-order valence-corrected chi connectivity index (χ2v) is 7.68. The maximum absolute atomic E-state index is 5.84. The van der Waals surface area contributed by atoms with Crippen LogP contribution in [0.15, 0.2) is 22.7 Å². The lowest BCUT2D eigenvalue weighted by Crippen LogP contribution is -2.30. The number of nitrogens with two attached hydrogens (primary N) is 1. The minimum Gasteiger partial charge on any atom is -0.389 e. The first-order valence-corrected chi connectivity index (χ1v) is 8.60. The van der Waals surface area contributed by atoms with Gasteiger partial charge in [-0.25, -0.2) is 0 Å². The molecular formula is C16H21BrN2S. The van der Waals surface area contributed by atoms with E-state index in [4.69, 9.17) is 18.0 Å². The molecule has 0 heterocycles. The summed E-state index contributed by atoms with van der Waals surface area (Å²) in [5, 5.41) is 3.66. The Kier molecular flexibility index (Phi) is 4.04. The van der Waals surface area contributed by atoms with Gasteiger partial charge in [-0.15, -0.1) is 0 Å². The van der Waals surface area contributed by atoms with E-state index in [1.54, 1.807) is 0 Å². The smallest absolute Gasteiger partial charge is 0.106 e. The Labute approximate surface area is 134 Å². The molecule has 4 heteroatoms. The Morgan fingerprint density at radius 2 is 2.20 bits per heavy atom. The van der Waals surface area contributed by atoms with Gasteiger partial charge in [0.25, 0.3) is 0 Å². The van der Waals surface area contributed by atoms with Crippen LogP contribution in [0.3, 0.4) is 0 Å². The normalized spacial score (nSPS) is 29.4. The second kappa shape index (κ2) is 5.64. The minimum atomic E-state index is 0.453. The molecular weight excluding hydrogens is 332 g/mol. The number of benzene rings is 1. The number of nitrogens with one attached hydrogen (secondary N) is 1.